The first kappa shape index (κ1) is 18.4. The summed E-state index contributed by atoms with van der Waals surface area (Å²) < 4.78 is 18.6. The summed E-state index contributed by atoms with van der Waals surface area (Å²) in [5.41, 5.74) is 2.46. The van der Waals surface area contributed by atoms with Crippen LogP contribution in [0.25, 0.3) is 11.4 Å². The number of ether oxygens (including phenoxy) is 1. The quantitative estimate of drug-likeness (QED) is 0.642. The minimum absolute atomic E-state index is 0.354. The fourth-order valence-corrected chi connectivity index (χ4v) is 3.20. The van der Waals surface area contributed by atoms with E-state index in [1.165, 1.54) is 25.6 Å². The minimum atomic E-state index is -0.391. The van der Waals surface area contributed by atoms with E-state index in [0.717, 1.165) is 17.0 Å². The zero-order valence-electron chi connectivity index (χ0n) is 14.2. The largest absolute Gasteiger partial charge is 0.496 e. The Morgan fingerprint density at radius 3 is 2.81 bits per heavy atom. The van der Waals surface area contributed by atoms with Crippen molar-refractivity contribution in [1.29, 1.82) is 0 Å². The van der Waals surface area contributed by atoms with Crippen LogP contribution in [0.15, 0.2) is 42.7 Å². The fraction of sp³-hybridized carbons (Fsp3) is 0.167. The monoisotopic (exact) mass is 390 g/mol. The predicted octanol–water partition coefficient (Wildman–Crippen LogP) is 4.95. The molecular weight excluding hydrogens is 375 g/mol. The smallest absolute Gasteiger partial charge is 0.230 e. The molecule has 3 aromatic rings. The molecule has 1 N–H and O–H groups in total. The lowest BCUT2D eigenvalue weighted by molar-refractivity contribution is 0.412. The number of halogens is 2. The number of thioether (sulfide) groups is 1. The molecule has 0 saturated heterocycles. The van der Waals surface area contributed by atoms with Crippen LogP contribution in [0.1, 0.15) is 5.56 Å². The Morgan fingerprint density at radius 2 is 2.04 bits per heavy atom. The molecule has 0 spiro atoms. The number of hydrogen-bond donors (Lipinski definition) is 1. The molecule has 2 aromatic carbocycles. The van der Waals surface area contributed by atoms with E-state index in [4.69, 9.17) is 16.3 Å². The van der Waals surface area contributed by atoms with Crippen molar-refractivity contribution in [2.75, 3.05) is 18.7 Å². The number of methoxy groups -OCH3 is 1. The highest BCUT2D eigenvalue weighted by Crippen LogP contribution is 2.29. The van der Waals surface area contributed by atoms with Gasteiger partial charge < -0.3 is 10.1 Å². The summed E-state index contributed by atoms with van der Waals surface area (Å²) in [5.74, 6) is 1.56. The summed E-state index contributed by atoms with van der Waals surface area (Å²) in [4.78, 5) is 12.7. The number of hydrogen-bond acceptors (Lipinski definition) is 6. The van der Waals surface area contributed by atoms with E-state index in [1.807, 2.05) is 18.4 Å². The van der Waals surface area contributed by atoms with Gasteiger partial charge in [-0.2, -0.15) is 16.7 Å². The molecule has 1 aromatic heterocycles. The van der Waals surface area contributed by atoms with E-state index < -0.39 is 5.82 Å². The van der Waals surface area contributed by atoms with Crippen molar-refractivity contribution >= 4 is 35.0 Å². The number of rotatable bonds is 6. The lowest BCUT2D eigenvalue weighted by atomic mass is 10.2. The van der Waals surface area contributed by atoms with Crippen molar-refractivity contribution in [2.45, 2.75) is 5.75 Å². The molecule has 0 aliphatic carbocycles. The number of aromatic nitrogens is 3. The van der Waals surface area contributed by atoms with Crippen molar-refractivity contribution in [2.24, 2.45) is 0 Å². The molecule has 0 fully saturated rings. The van der Waals surface area contributed by atoms with Crippen LogP contribution >= 0.6 is 23.4 Å². The Morgan fingerprint density at radius 1 is 1.19 bits per heavy atom. The zero-order chi connectivity index (χ0) is 18.5. The lowest BCUT2D eigenvalue weighted by Crippen LogP contribution is -2.01. The molecule has 8 heteroatoms. The highest BCUT2D eigenvalue weighted by atomic mass is 35.5. The summed E-state index contributed by atoms with van der Waals surface area (Å²) in [5, 5.41) is 3.76. The van der Waals surface area contributed by atoms with Gasteiger partial charge in [0.2, 0.25) is 5.95 Å². The van der Waals surface area contributed by atoms with Gasteiger partial charge >= 0.3 is 0 Å². The van der Waals surface area contributed by atoms with Gasteiger partial charge in [0.15, 0.2) is 5.82 Å². The third-order valence-electron chi connectivity index (χ3n) is 3.50. The highest BCUT2D eigenvalue weighted by Gasteiger charge is 2.11. The molecule has 0 unspecified atom stereocenters. The van der Waals surface area contributed by atoms with Crippen molar-refractivity contribution in [3.8, 4) is 17.1 Å². The van der Waals surface area contributed by atoms with E-state index in [2.05, 4.69) is 20.3 Å². The summed E-state index contributed by atoms with van der Waals surface area (Å²) in [6, 6.07) is 9.91. The topological polar surface area (TPSA) is 59.9 Å². The van der Waals surface area contributed by atoms with Crippen molar-refractivity contribution < 1.29 is 9.13 Å². The Hall–Kier alpha value is -2.38. The molecule has 134 valence electrons. The van der Waals surface area contributed by atoms with Gasteiger partial charge in [-0.05, 0) is 42.2 Å². The molecule has 1 heterocycles. The molecule has 0 bridgehead atoms. The summed E-state index contributed by atoms with van der Waals surface area (Å²) >= 11 is 7.89. The Kier molecular flexibility index (Phi) is 5.90. The fourth-order valence-electron chi connectivity index (χ4n) is 2.44. The van der Waals surface area contributed by atoms with Crippen LogP contribution in [-0.2, 0) is 5.75 Å². The molecule has 0 radical (unpaired) electrons. The first-order chi connectivity index (χ1) is 12.6. The maximum atomic E-state index is 13.4. The Bertz CT molecular complexity index is 925. The average Bonchev–Trinajstić information content (AvgIpc) is 2.61. The molecule has 0 aliphatic heterocycles. The molecule has 0 saturated carbocycles. The third kappa shape index (κ3) is 4.42. The number of nitrogens with zero attached hydrogens (tertiary/aromatic N) is 3. The van der Waals surface area contributed by atoms with Crippen LogP contribution in [0.4, 0.5) is 16.0 Å². The van der Waals surface area contributed by atoms with Crippen molar-refractivity contribution in [3.05, 3.63) is 59.1 Å². The molecule has 0 aliphatic rings. The first-order valence-electron chi connectivity index (χ1n) is 7.67. The summed E-state index contributed by atoms with van der Waals surface area (Å²) in [6.07, 6.45) is 3.42. The van der Waals surface area contributed by atoms with E-state index in [-0.39, 0.29) is 0 Å². The van der Waals surface area contributed by atoms with Crippen LogP contribution in [-0.4, -0.2) is 28.3 Å². The summed E-state index contributed by atoms with van der Waals surface area (Å²) in [7, 11) is 1.47. The van der Waals surface area contributed by atoms with Gasteiger partial charge in [-0.15, -0.1) is 0 Å². The second-order valence-corrected chi connectivity index (χ2v) is 6.69. The van der Waals surface area contributed by atoms with Gasteiger partial charge in [0.05, 0.1) is 12.7 Å². The normalized spacial score (nSPS) is 10.6. The molecule has 0 amide bonds. The maximum absolute atomic E-state index is 13.4. The molecule has 3 rings (SSSR count). The van der Waals surface area contributed by atoms with Gasteiger partial charge in [0.1, 0.15) is 17.9 Å². The second-order valence-electron chi connectivity index (χ2n) is 5.38. The molecular formula is C18H16ClFN4OS. The SMILES string of the molecule is COc1cc(F)ccc1-c1ncnc(Nc2cc(Cl)cc(CSC)c2)n1. The van der Waals surface area contributed by atoms with Gasteiger partial charge in [-0.3, -0.25) is 0 Å². The van der Waals surface area contributed by atoms with Crippen LogP contribution in [0.3, 0.4) is 0 Å². The number of nitrogens with one attached hydrogen (secondary N) is 1. The lowest BCUT2D eigenvalue weighted by Gasteiger charge is -2.10. The number of anilines is 2. The van der Waals surface area contributed by atoms with E-state index in [0.29, 0.717) is 28.1 Å². The van der Waals surface area contributed by atoms with Crippen LogP contribution < -0.4 is 10.1 Å². The summed E-state index contributed by atoms with van der Waals surface area (Å²) in [6.45, 7) is 0. The van der Waals surface area contributed by atoms with Gasteiger partial charge in [0.25, 0.3) is 0 Å². The highest BCUT2D eigenvalue weighted by molar-refractivity contribution is 7.97. The Balaban J connectivity index is 1.91. The second kappa shape index (κ2) is 8.33. The maximum Gasteiger partial charge on any atom is 0.230 e. The van der Waals surface area contributed by atoms with Crippen LogP contribution in [0.5, 0.6) is 5.75 Å². The average molecular weight is 391 g/mol. The molecule has 0 atom stereocenters. The standard InChI is InChI=1S/C18H16ClFN4OS/c1-25-16-8-13(20)3-4-15(16)17-21-10-22-18(24-17)23-14-6-11(9-26-2)5-12(19)7-14/h3-8,10H,9H2,1-2H3,(H,21,22,23,24). The Labute approximate surface area is 160 Å². The van der Waals surface area contributed by atoms with E-state index >= 15 is 0 Å². The zero-order valence-corrected chi connectivity index (χ0v) is 15.7. The molecule has 26 heavy (non-hydrogen) atoms. The van der Waals surface area contributed by atoms with E-state index in [9.17, 15) is 4.39 Å². The van der Waals surface area contributed by atoms with Crippen molar-refractivity contribution in [3.63, 3.8) is 0 Å². The molecule has 5 nitrogen and oxygen atoms in total. The van der Waals surface area contributed by atoms with Gasteiger partial charge in [-0.25, -0.2) is 14.4 Å². The number of benzene rings is 2. The van der Waals surface area contributed by atoms with Gasteiger partial charge in [-0.1, -0.05) is 11.6 Å². The van der Waals surface area contributed by atoms with Gasteiger partial charge in [0, 0.05) is 22.5 Å². The van der Waals surface area contributed by atoms with Crippen molar-refractivity contribution in [1.82, 2.24) is 15.0 Å². The minimum Gasteiger partial charge on any atom is -0.496 e. The first-order valence-corrected chi connectivity index (χ1v) is 9.44. The van der Waals surface area contributed by atoms with E-state index in [1.54, 1.807) is 23.9 Å². The van der Waals surface area contributed by atoms with Crippen LogP contribution in [0, 0.1) is 5.82 Å². The predicted molar refractivity (Wildman–Crippen MR) is 104 cm³/mol. The third-order valence-corrected chi connectivity index (χ3v) is 4.34. The van der Waals surface area contributed by atoms with Crippen LogP contribution in [0.2, 0.25) is 5.02 Å².